The molecule has 0 radical (unpaired) electrons. The molecular formula is C29H34N6O2. The minimum atomic E-state index is -0.320. The molecule has 0 spiro atoms. The topological polar surface area (TPSA) is 106 Å². The Kier molecular flexibility index (Phi) is 6.42. The van der Waals surface area contributed by atoms with Crippen molar-refractivity contribution >= 4 is 11.7 Å². The molecule has 0 bridgehead atoms. The van der Waals surface area contributed by atoms with E-state index in [0.29, 0.717) is 23.7 Å². The number of hydrogen-bond acceptors (Lipinski definition) is 8. The predicted molar refractivity (Wildman–Crippen MR) is 144 cm³/mol. The van der Waals surface area contributed by atoms with Crippen LogP contribution in [-0.2, 0) is 0 Å². The highest BCUT2D eigenvalue weighted by atomic mass is 16.4. The van der Waals surface area contributed by atoms with Crippen LogP contribution >= 0.6 is 0 Å². The molecule has 8 heteroatoms. The molecule has 3 atom stereocenters. The fourth-order valence-electron chi connectivity index (χ4n) is 6.02. The summed E-state index contributed by atoms with van der Waals surface area (Å²) in [7, 11) is 0. The summed E-state index contributed by atoms with van der Waals surface area (Å²) < 4.78 is 11.7. The molecule has 192 valence electrons. The van der Waals surface area contributed by atoms with Crippen molar-refractivity contribution in [3.63, 3.8) is 0 Å². The van der Waals surface area contributed by atoms with E-state index in [9.17, 15) is 0 Å². The summed E-state index contributed by atoms with van der Waals surface area (Å²) in [5.74, 6) is 2.27. The maximum absolute atomic E-state index is 7.30. The van der Waals surface area contributed by atoms with Crippen LogP contribution in [0.3, 0.4) is 0 Å². The number of piperidine rings is 1. The van der Waals surface area contributed by atoms with Crippen molar-refractivity contribution in [1.82, 2.24) is 15.2 Å². The lowest BCUT2D eigenvalue weighted by atomic mass is 9.67. The van der Waals surface area contributed by atoms with Crippen molar-refractivity contribution in [3.05, 3.63) is 66.7 Å². The Morgan fingerprint density at radius 3 is 2.57 bits per heavy atom. The molecule has 1 saturated heterocycles. The van der Waals surface area contributed by atoms with E-state index >= 15 is 0 Å². The Bertz CT molecular complexity index is 1320. The molecule has 6 rings (SSSR count). The zero-order valence-electron chi connectivity index (χ0n) is 21.3. The number of aryl methyl sites for hydroxylation is 1. The van der Waals surface area contributed by atoms with Crippen molar-refractivity contribution < 1.29 is 8.83 Å². The van der Waals surface area contributed by atoms with Gasteiger partial charge in [-0.05, 0) is 55.9 Å². The summed E-state index contributed by atoms with van der Waals surface area (Å²) >= 11 is 0. The molecule has 8 nitrogen and oxygen atoms in total. The molecular weight excluding hydrogens is 464 g/mol. The van der Waals surface area contributed by atoms with E-state index in [1.807, 2.05) is 30.3 Å². The molecule has 2 aromatic carbocycles. The van der Waals surface area contributed by atoms with Gasteiger partial charge in [-0.1, -0.05) is 43.2 Å². The monoisotopic (exact) mass is 498 g/mol. The first-order valence-electron chi connectivity index (χ1n) is 13.3. The Hall–Kier alpha value is -3.65. The lowest BCUT2D eigenvalue weighted by molar-refractivity contribution is 0.156. The van der Waals surface area contributed by atoms with Crippen LogP contribution in [-0.4, -0.2) is 39.9 Å². The summed E-state index contributed by atoms with van der Waals surface area (Å²) in [6, 6.07) is 19.2. The summed E-state index contributed by atoms with van der Waals surface area (Å²) in [5.41, 5.74) is 10.1. The Morgan fingerprint density at radius 1 is 0.946 bits per heavy atom. The first-order chi connectivity index (χ1) is 18.1. The average Bonchev–Trinajstić information content (AvgIpc) is 3.60. The second-order valence-corrected chi connectivity index (χ2v) is 10.4. The van der Waals surface area contributed by atoms with Gasteiger partial charge in [-0.15, -0.1) is 10.2 Å². The third-order valence-electron chi connectivity index (χ3n) is 8.05. The molecule has 2 aromatic heterocycles. The summed E-state index contributed by atoms with van der Waals surface area (Å²) in [4.78, 5) is 7.00. The van der Waals surface area contributed by atoms with E-state index in [1.54, 1.807) is 13.1 Å². The Balaban J connectivity index is 1.17. The Morgan fingerprint density at radius 2 is 1.78 bits per heavy atom. The highest BCUT2D eigenvalue weighted by Crippen LogP contribution is 2.40. The standard InChI is InChI=1S/C29H34N6O2/c1-20-33-34-27(36-20)22-12-14-24(15-13-22)35-17-7-10-23(19-35)29(30)16-6-5-11-26(29)32-28-31-18-25(37-28)21-8-3-2-4-9-21/h2-4,8-9,12-15,18,23,26H,5-7,10-11,16-17,19,30H2,1H3,(H,31,32)/t23-,26?,29?/m0/s1. The van der Waals surface area contributed by atoms with Gasteiger partial charge in [-0.25, -0.2) is 4.98 Å². The highest BCUT2D eigenvalue weighted by Gasteiger charge is 2.45. The molecule has 2 aliphatic rings. The van der Waals surface area contributed by atoms with Crippen LogP contribution in [0.15, 0.2) is 69.6 Å². The molecule has 1 aliphatic heterocycles. The number of aromatic nitrogens is 3. The van der Waals surface area contributed by atoms with Gasteiger partial charge in [0.25, 0.3) is 6.01 Å². The molecule has 4 aromatic rings. The van der Waals surface area contributed by atoms with E-state index < -0.39 is 0 Å². The maximum Gasteiger partial charge on any atom is 0.295 e. The zero-order valence-corrected chi connectivity index (χ0v) is 21.3. The van der Waals surface area contributed by atoms with Gasteiger partial charge in [0.05, 0.1) is 6.20 Å². The van der Waals surface area contributed by atoms with Gasteiger partial charge in [0.2, 0.25) is 11.8 Å². The van der Waals surface area contributed by atoms with Gasteiger partial charge < -0.3 is 24.8 Å². The van der Waals surface area contributed by atoms with Gasteiger partial charge in [0, 0.05) is 48.4 Å². The van der Waals surface area contributed by atoms with Crippen molar-refractivity contribution in [2.75, 3.05) is 23.3 Å². The van der Waals surface area contributed by atoms with Crippen molar-refractivity contribution in [1.29, 1.82) is 0 Å². The largest absolute Gasteiger partial charge is 0.424 e. The minimum absolute atomic E-state index is 0.122. The zero-order chi connectivity index (χ0) is 25.2. The van der Waals surface area contributed by atoms with Crippen molar-refractivity contribution in [3.8, 4) is 22.8 Å². The van der Waals surface area contributed by atoms with E-state index in [0.717, 1.165) is 68.5 Å². The third-order valence-corrected chi connectivity index (χ3v) is 8.05. The molecule has 3 heterocycles. The van der Waals surface area contributed by atoms with Crippen LogP contribution in [0.4, 0.5) is 11.7 Å². The fourth-order valence-corrected chi connectivity index (χ4v) is 6.02. The molecule has 2 unspecified atom stereocenters. The van der Waals surface area contributed by atoms with Gasteiger partial charge in [0.15, 0.2) is 5.76 Å². The number of nitrogens with two attached hydrogens (primary N) is 1. The molecule has 1 aliphatic carbocycles. The summed E-state index contributed by atoms with van der Waals surface area (Å²) in [6.45, 7) is 3.78. The molecule has 2 fully saturated rings. The number of nitrogens with one attached hydrogen (secondary N) is 1. The summed E-state index contributed by atoms with van der Waals surface area (Å²) in [5, 5.41) is 11.7. The SMILES string of the molecule is Cc1nnc(-c2ccc(N3CCC[C@H](C4(N)CCCCC4Nc4ncc(-c5ccccc5)o4)C3)cc2)o1. The molecule has 0 amide bonds. The van der Waals surface area contributed by atoms with Crippen LogP contribution in [0.1, 0.15) is 44.4 Å². The van der Waals surface area contributed by atoms with Crippen molar-refractivity contribution in [2.45, 2.75) is 57.0 Å². The number of rotatable bonds is 6. The number of hydrogen-bond donors (Lipinski definition) is 2. The van der Waals surface area contributed by atoms with E-state index in [2.05, 4.69) is 49.7 Å². The van der Waals surface area contributed by atoms with E-state index in [4.69, 9.17) is 14.6 Å². The number of nitrogens with zero attached hydrogens (tertiary/aromatic N) is 4. The van der Waals surface area contributed by atoms with E-state index in [1.165, 1.54) is 5.69 Å². The Labute approximate surface area is 217 Å². The second-order valence-electron chi connectivity index (χ2n) is 10.4. The van der Waals surface area contributed by atoms with Gasteiger partial charge in [0.1, 0.15) is 0 Å². The molecule has 37 heavy (non-hydrogen) atoms. The number of oxazole rings is 1. The van der Waals surface area contributed by atoms with Crippen LogP contribution in [0, 0.1) is 12.8 Å². The van der Waals surface area contributed by atoms with Crippen LogP contribution < -0.4 is 16.0 Å². The van der Waals surface area contributed by atoms with E-state index in [-0.39, 0.29) is 11.6 Å². The van der Waals surface area contributed by atoms with Gasteiger partial charge >= 0.3 is 0 Å². The smallest absolute Gasteiger partial charge is 0.295 e. The lowest BCUT2D eigenvalue weighted by Gasteiger charge is -2.50. The normalized spacial score (nSPS) is 24.2. The van der Waals surface area contributed by atoms with Crippen LogP contribution in [0.2, 0.25) is 0 Å². The minimum Gasteiger partial charge on any atom is -0.424 e. The van der Waals surface area contributed by atoms with Gasteiger partial charge in [-0.2, -0.15) is 0 Å². The lowest BCUT2D eigenvalue weighted by Crippen LogP contribution is -2.63. The van der Waals surface area contributed by atoms with Crippen LogP contribution in [0.5, 0.6) is 0 Å². The molecule has 1 saturated carbocycles. The van der Waals surface area contributed by atoms with Crippen molar-refractivity contribution in [2.24, 2.45) is 11.7 Å². The fraction of sp³-hybridized carbons (Fsp3) is 0.414. The molecule has 3 N–H and O–H groups in total. The highest BCUT2D eigenvalue weighted by molar-refractivity contribution is 5.59. The predicted octanol–water partition coefficient (Wildman–Crippen LogP) is 5.67. The number of benzene rings is 2. The number of anilines is 2. The average molecular weight is 499 g/mol. The third kappa shape index (κ3) is 4.85. The van der Waals surface area contributed by atoms with Gasteiger partial charge in [-0.3, -0.25) is 0 Å². The first-order valence-corrected chi connectivity index (χ1v) is 13.3. The quantitative estimate of drug-likeness (QED) is 0.350. The summed E-state index contributed by atoms with van der Waals surface area (Å²) in [6.07, 6.45) is 8.39. The maximum atomic E-state index is 7.30. The first kappa shape index (κ1) is 23.7. The van der Waals surface area contributed by atoms with Crippen LogP contribution in [0.25, 0.3) is 22.8 Å². The second kappa shape index (κ2) is 10.0.